The number of aromatic nitrogens is 2. The van der Waals surface area contributed by atoms with Gasteiger partial charge in [0.1, 0.15) is 5.75 Å². The summed E-state index contributed by atoms with van der Waals surface area (Å²) in [6, 6.07) is 6.05. The molecule has 1 aromatic heterocycles. The molecule has 2 rings (SSSR count). The van der Waals surface area contributed by atoms with Crippen LogP contribution in [0, 0.1) is 13.8 Å². The van der Waals surface area contributed by atoms with Gasteiger partial charge in [0.05, 0.1) is 29.7 Å². The van der Waals surface area contributed by atoms with Crippen molar-refractivity contribution in [2.45, 2.75) is 26.3 Å². The molecular weight excluding hydrogens is 328 g/mol. The van der Waals surface area contributed by atoms with E-state index in [2.05, 4.69) is 34.0 Å². The number of hydrogen-bond acceptors (Lipinski definition) is 2. The van der Waals surface area contributed by atoms with Gasteiger partial charge in [-0.2, -0.15) is 5.10 Å². The molecule has 0 aliphatic heterocycles. The van der Waals surface area contributed by atoms with Gasteiger partial charge in [0, 0.05) is 11.3 Å². The van der Waals surface area contributed by atoms with Crippen LogP contribution in [-0.4, -0.2) is 16.9 Å². The van der Waals surface area contributed by atoms with E-state index < -0.39 is 0 Å². The molecule has 3 nitrogen and oxygen atoms in total. The van der Waals surface area contributed by atoms with Crippen molar-refractivity contribution < 1.29 is 4.74 Å². The maximum atomic E-state index is 5.94. The second kappa shape index (κ2) is 5.97. The summed E-state index contributed by atoms with van der Waals surface area (Å²) in [5.41, 5.74) is 4.41. The van der Waals surface area contributed by atoms with Gasteiger partial charge in [-0.1, -0.05) is 6.07 Å². The molecule has 0 amide bonds. The first-order valence-electron chi connectivity index (χ1n) is 5.98. The molecule has 0 aliphatic rings. The van der Waals surface area contributed by atoms with Crippen LogP contribution in [0.2, 0.25) is 0 Å². The van der Waals surface area contributed by atoms with Crippen molar-refractivity contribution in [2.75, 3.05) is 7.11 Å². The van der Waals surface area contributed by atoms with Crippen molar-refractivity contribution >= 4 is 27.5 Å². The van der Waals surface area contributed by atoms with Crippen molar-refractivity contribution in [1.29, 1.82) is 0 Å². The number of ether oxygens (including phenoxy) is 1. The predicted molar refractivity (Wildman–Crippen MR) is 81.1 cm³/mol. The summed E-state index contributed by atoms with van der Waals surface area (Å²) >= 11 is 9.44. The molecule has 0 atom stereocenters. The van der Waals surface area contributed by atoms with Crippen LogP contribution in [0.1, 0.15) is 22.5 Å². The number of hydrogen-bond donors (Lipinski definition) is 0. The minimum Gasteiger partial charge on any atom is -0.496 e. The highest BCUT2D eigenvalue weighted by atomic mass is 79.9. The van der Waals surface area contributed by atoms with Crippen LogP contribution < -0.4 is 4.74 Å². The Balaban J connectivity index is 2.29. The monoisotopic (exact) mass is 342 g/mol. The minimum absolute atomic E-state index is 0.504. The lowest BCUT2D eigenvalue weighted by Gasteiger charge is -2.08. The smallest absolute Gasteiger partial charge is 0.133 e. The summed E-state index contributed by atoms with van der Waals surface area (Å²) in [6.45, 7) is 4.77. The van der Waals surface area contributed by atoms with Crippen LogP contribution in [0.5, 0.6) is 5.75 Å². The van der Waals surface area contributed by atoms with Gasteiger partial charge in [0.2, 0.25) is 0 Å². The van der Waals surface area contributed by atoms with E-state index in [0.717, 1.165) is 33.7 Å². The van der Waals surface area contributed by atoms with Gasteiger partial charge >= 0.3 is 0 Å². The SMILES string of the molecule is COc1ccc(Cn2nc(C)c(CCl)c2C)cc1Br. The number of nitrogens with zero attached hydrogens (tertiary/aromatic N) is 2. The molecule has 0 aliphatic carbocycles. The van der Waals surface area contributed by atoms with E-state index in [1.807, 2.05) is 23.7 Å². The van der Waals surface area contributed by atoms with Crippen LogP contribution >= 0.6 is 27.5 Å². The third-order valence-corrected chi connectivity index (χ3v) is 4.10. The van der Waals surface area contributed by atoms with Crippen molar-refractivity contribution in [1.82, 2.24) is 9.78 Å². The maximum absolute atomic E-state index is 5.94. The first kappa shape index (κ1) is 14.4. The third-order valence-electron chi connectivity index (χ3n) is 3.21. The highest BCUT2D eigenvalue weighted by Crippen LogP contribution is 2.26. The standard InChI is InChI=1S/C14H16BrClN2O/c1-9-12(7-16)10(2)18(17-9)8-11-4-5-14(19-3)13(15)6-11/h4-6H,7-8H2,1-3H3. The zero-order valence-electron chi connectivity index (χ0n) is 11.2. The van der Waals surface area contributed by atoms with E-state index in [9.17, 15) is 0 Å². The Morgan fingerprint density at radius 3 is 2.63 bits per heavy atom. The summed E-state index contributed by atoms with van der Waals surface area (Å²) in [4.78, 5) is 0. The van der Waals surface area contributed by atoms with Crippen molar-refractivity contribution in [2.24, 2.45) is 0 Å². The highest BCUT2D eigenvalue weighted by Gasteiger charge is 2.11. The largest absolute Gasteiger partial charge is 0.496 e. The Kier molecular flexibility index (Phi) is 4.53. The third kappa shape index (κ3) is 2.95. The number of rotatable bonds is 4. The molecule has 0 saturated heterocycles. The van der Waals surface area contributed by atoms with Crippen LogP contribution in [0.15, 0.2) is 22.7 Å². The molecule has 0 N–H and O–H groups in total. The Bertz CT molecular complexity index is 595. The molecule has 1 aromatic carbocycles. The first-order valence-corrected chi connectivity index (χ1v) is 7.30. The quantitative estimate of drug-likeness (QED) is 0.783. The van der Waals surface area contributed by atoms with E-state index in [1.165, 1.54) is 5.56 Å². The van der Waals surface area contributed by atoms with Crippen LogP contribution in [0.3, 0.4) is 0 Å². The summed E-state index contributed by atoms with van der Waals surface area (Å²) < 4.78 is 8.17. The fourth-order valence-electron chi connectivity index (χ4n) is 2.06. The Hall–Kier alpha value is -1.000. The summed E-state index contributed by atoms with van der Waals surface area (Å²) in [5, 5.41) is 4.53. The lowest BCUT2D eigenvalue weighted by molar-refractivity contribution is 0.412. The highest BCUT2D eigenvalue weighted by molar-refractivity contribution is 9.10. The van der Waals surface area contributed by atoms with E-state index in [4.69, 9.17) is 16.3 Å². The van der Waals surface area contributed by atoms with Gasteiger partial charge in [0.15, 0.2) is 0 Å². The Morgan fingerprint density at radius 1 is 1.37 bits per heavy atom. The summed E-state index contributed by atoms with van der Waals surface area (Å²) in [6.07, 6.45) is 0. The normalized spacial score (nSPS) is 10.8. The average Bonchev–Trinajstić information content (AvgIpc) is 2.64. The molecule has 0 saturated carbocycles. The van der Waals surface area contributed by atoms with E-state index >= 15 is 0 Å². The topological polar surface area (TPSA) is 27.1 Å². The molecule has 0 fully saturated rings. The zero-order valence-corrected chi connectivity index (χ0v) is 13.5. The molecule has 19 heavy (non-hydrogen) atoms. The lowest BCUT2D eigenvalue weighted by Crippen LogP contribution is -2.04. The average molecular weight is 344 g/mol. The predicted octanol–water partition coefficient (Wildman–Crippen LogP) is 4.06. The molecule has 1 heterocycles. The number of aryl methyl sites for hydroxylation is 1. The molecular formula is C14H16BrClN2O. The molecule has 5 heteroatoms. The van der Waals surface area contributed by atoms with Crippen LogP contribution in [0.4, 0.5) is 0 Å². The van der Waals surface area contributed by atoms with Crippen molar-refractivity contribution in [3.63, 3.8) is 0 Å². The van der Waals surface area contributed by atoms with Gasteiger partial charge in [-0.25, -0.2) is 0 Å². The lowest BCUT2D eigenvalue weighted by atomic mass is 10.2. The van der Waals surface area contributed by atoms with Gasteiger partial charge in [-0.15, -0.1) is 11.6 Å². The van der Waals surface area contributed by atoms with Gasteiger partial charge in [-0.3, -0.25) is 4.68 Å². The molecule has 102 valence electrons. The van der Waals surface area contributed by atoms with Gasteiger partial charge < -0.3 is 4.74 Å². The molecule has 0 bridgehead atoms. The van der Waals surface area contributed by atoms with Crippen LogP contribution in [-0.2, 0) is 12.4 Å². The fraction of sp³-hybridized carbons (Fsp3) is 0.357. The summed E-state index contributed by atoms with van der Waals surface area (Å²) in [7, 11) is 1.66. The zero-order chi connectivity index (χ0) is 14.0. The molecule has 0 spiro atoms. The summed E-state index contributed by atoms with van der Waals surface area (Å²) in [5.74, 6) is 1.34. The molecule has 0 radical (unpaired) electrons. The second-order valence-corrected chi connectivity index (χ2v) is 5.53. The van der Waals surface area contributed by atoms with E-state index in [0.29, 0.717) is 5.88 Å². The number of alkyl halides is 1. The minimum atomic E-state index is 0.504. The van der Waals surface area contributed by atoms with E-state index in [-0.39, 0.29) is 0 Å². The van der Waals surface area contributed by atoms with Crippen molar-refractivity contribution in [3.8, 4) is 5.75 Å². The maximum Gasteiger partial charge on any atom is 0.133 e. The molecule has 0 unspecified atom stereocenters. The molecule has 2 aromatic rings. The number of benzene rings is 1. The second-order valence-electron chi connectivity index (χ2n) is 4.41. The fourth-order valence-corrected chi connectivity index (χ4v) is 3.04. The Morgan fingerprint density at radius 2 is 2.11 bits per heavy atom. The van der Waals surface area contributed by atoms with Gasteiger partial charge in [0.25, 0.3) is 0 Å². The number of halogens is 2. The first-order chi connectivity index (χ1) is 9.06. The van der Waals surface area contributed by atoms with Crippen LogP contribution in [0.25, 0.3) is 0 Å². The number of methoxy groups -OCH3 is 1. The van der Waals surface area contributed by atoms with Crippen molar-refractivity contribution in [3.05, 3.63) is 45.2 Å². The van der Waals surface area contributed by atoms with Gasteiger partial charge in [-0.05, 0) is 47.5 Å². The van der Waals surface area contributed by atoms with E-state index in [1.54, 1.807) is 7.11 Å². The Labute approximate surface area is 126 Å².